The normalized spacial score (nSPS) is 42.2. The molecule has 0 bridgehead atoms. The molecule has 1 unspecified atom stereocenters. The Morgan fingerprint density at radius 3 is 2.31 bits per heavy atom. The summed E-state index contributed by atoms with van der Waals surface area (Å²) >= 11 is 0. The first-order chi connectivity index (χ1) is 14.8. The Morgan fingerprint density at radius 1 is 1.16 bits per heavy atom. The van der Waals surface area contributed by atoms with E-state index in [-0.39, 0.29) is 0 Å². The maximum atomic E-state index is 11.4. The van der Waals surface area contributed by atoms with Crippen molar-refractivity contribution in [2.45, 2.75) is 80.3 Å². The molecule has 2 aliphatic heterocycles. The van der Waals surface area contributed by atoms with Crippen molar-refractivity contribution in [2.24, 2.45) is 0 Å². The van der Waals surface area contributed by atoms with Crippen LogP contribution in [-0.4, -0.2) is 138 Å². The van der Waals surface area contributed by atoms with Gasteiger partial charge in [0.05, 0.1) is 25.4 Å². The molecule has 0 radical (unpaired) electrons. The molecule has 2 fully saturated rings. The van der Waals surface area contributed by atoms with Crippen molar-refractivity contribution in [3.05, 3.63) is 0 Å². The molecule has 2 rings (SSSR count). The maximum Gasteiger partial charge on any atom is 0.364 e. The Hall–Kier alpha value is -1.50. The van der Waals surface area contributed by atoms with Crippen molar-refractivity contribution >= 4 is 11.9 Å². The average Bonchev–Trinajstić information content (AvgIpc) is 2.72. The number of aliphatic hydroxyl groups is 8. The third-order valence-electron chi connectivity index (χ3n) is 5.30. The predicted octanol–water partition coefficient (Wildman–Crippen LogP) is -6.05. The molecule has 15 heteroatoms. The van der Waals surface area contributed by atoms with E-state index < -0.39 is 98.5 Å². The third-order valence-corrected chi connectivity index (χ3v) is 5.30. The minimum atomic E-state index is -2.92. The maximum absolute atomic E-state index is 11.4. The fourth-order valence-electron chi connectivity index (χ4n) is 3.52. The van der Waals surface area contributed by atoms with Crippen LogP contribution in [0.2, 0.25) is 0 Å². The van der Waals surface area contributed by atoms with Gasteiger partial charge in [-0.05, 0) is 0 Å². The lowest BCUT2D eigenvalue weighted by Gasteiger charge is -2.45. The molecule has 0 aromatic rings. The molecular formula is C17H29NO14. The lowest BCUT2D eigenvalue weighted by molar-refractivity contribution is -0.313. The van der Waals surface area contributed by atoms with E-state index in [1.54, 1.807) is 0 Å². The number of carbonyl (C=O) groups excluding carboxylic acids is 1. The molecule has 0 saturated carbocycles. The van der Waals surface area contributed by atoms with Gasteiger partial charge in [-0.15, -0.1) is 0 Å². The minimum absolute atomic E-state index is 0.678. The molecule has 0 aromatic carbocycles. The van der Waals surface area contributed by atoms with E-state index in [1.807, 2.05) is 0 Å². The van der Waals surface area contributed by atoms with Crippen LogP contribution in [-0.2, 0) is 23.8 Å². The molecule has 10 N–H and O–H groups in total. The molecule has 2 heterocycles. The Morgan fingerprint density at radius 2 is 1.78 bits per heavy atom. The van der Waals surface area contributed by atoms with Crippen LogP contribution in [0.15, 0.2) is 0 Å². The van der Waals surface area contributed by atoms with Gasteiger partial charge in [0.1, 0.15) is 42.7 Å². The van der Waals surface area contributed by atoms with Gasteiger partial charge in [0.25, 0.3) is 5.79 Å². The zero-order valence-corrected chi connectivity index (χ0v) is 17.0. The monoisotopic (exact) mass is 471 g/mol. The van der Waals surface area contributed by atoms with Crippen LogP contribution in [0, 0.1) is 0 Å². The van der Waals surface area contributed by atoms with Gasteiger partial charge in [0.15, 0.2) is 6.29 Å². The van der Waals surface area contributed by atoms with Crippen molar-refractivity contribution in [2.75, 3.05) is 13.2 Å². The number of carboxylic acids is 1. The fraction of sp³-hybridized carbons (Fsp3) is 0.882. The fourth-order valence-corrected chi connectivity index (χ4v) is 3.52. The highest BCUT2D eigenvalue weighted by atomic mass is 16.7. The number of carbonyl (C=O) groups is 2. The summed E-state index contributed by atoms with van der Waals surface area (Å²) in [6.45, 7) is -0.457. The summed E-state index contributed by atoms with van der Waals surface area (Å²) in [5.74, 6) is -5.47. The highest BCUT2D eigenvalue weighted by Crippen LogP contribution is 2.31. The highest BCUT2D eigenvalue weighted by molar-refractivity contribution is 5.76. The Bertz CT molecular complexity index is 663. The Labute approximate surface area is 181 Å². The summed E-state index contributed by atoms with van der Waals surface area (Å²) in [4.78, 5) is 22.8. The zero-order chi connectivity index (χ0) is 24.4. The molecule has 2 saturated heterocycles. The van der Waals surface area contributed by atoms with E-state index in [9.17, 15) is 45.3 Å². The van der Waals surface area contributed by atoms with Crippen LogP contribution < -0.4 is 5.32 Å². The van der Waals surface area contributed by atoms with Crippen LogP contribution >= 0.6 is 0 Å². The van der Waals surface area contributed by atoms with E-state index in [0.717, 1.165) is 6.92 Å². The molecule has 0 spiro atoms. The van der Waals surface area contributed by atoms with Gasteiger partial charge in [-0.2, -0.15) is 0 Å². The SMILES string of the molecule is CC(=O)N[C@H]1[C@H]([C@H](O)[C@H](O)CO[C@@H]2O[C@H](CO)[C@H](O)[C@H](O)[C@H]2O)OC(O)(C(=O)O)C[C@@H]1O. The van der Waals surface area contributed by atoms with Crippen molar-refractivity contribution in [3.63, 3.8) is 0 Å². The first-order valence-corrected chi connectivity index (χ1v) is 9.69. The van der Waals surface area contributed by atoms with E-state index >= 15 is 0 Å². The third kappa shape index (κ3) is 5.70. The summed E-state index contributed by atoms with van der Waals surface area (Å²) in [6, 6.07) is -1.41. The van der Waals surface area contributed by atoms with Gasteiger partial charge in [-0.25, -0.2) is 4.79 Å². The average molecular weight is 471 g/mol. The van der Waals surface area contributed by atoms with E-state index in [4.69, 9.17) is 24.4 Å². The molecule has 186 valence electrons. The van der Waals surface area contributed by atoms with Gasteiger partial charge in [0.2, 0.25) is 5.91 Å². The molecule has 2 aliphatic rings. The summed E-state index contributed by atoms with van der Waals surface area (Å²) in [6.07, 6.45) is -16.3. The minimum Gasteiger partial charge on any atom is -0.477 e. The molecule has 15 nitrogen and oxygen atoms in total. The second-order valence-electron chi connectivity index (χ2n) is 7.76. The largest absolute Gasteiger partial charge is 0.477 e. The summed E-state index contributed by atoms with van der Waals surface area (Å²) in [7, 11) is 0. The number of ether oxygens (including phenoxy) is 3. The Kier molecular flexibility index (Phi) is 8.88. The number of hydrogen-bond acceptors (Lipinski definition) is 13. The van der Waals surface area contributed by atoms with E-state index in [1.165, 1.54) is 0 Å². The number of aliphatic carboxylic acids is 1. The van der Waals surface area contributed by atoms with Gasteiger partial charge in [0, 0.05) is 13.3 Å². The molecular weight excluding hydrogens is 442 g/mol. The second-order valence-corrected chi connectivity index (χ2v) is 7.76. The van der Waals surface area contributed by atoms with E-state index in [2.05, 4.69) is 5.32 Å². The number of amides is 1. The topological polar surface area (TPSA) is 256 Å². The smallest absolute Gasteiger partial charge is 0.364 e. The molecule has 1 amide bonds. The van der Waals surface area contributed by atoms with Crippen molar-refractivity contribution in [3.8, 4) is 0 Å². The lowest BCUT2D eigenvalue weighted by Crippen LogP contribution is -2.67. The van der Waals surface area contributed by atoms with E-state index in [0.29, 0.717) is 0 Å². The van der Waals surface area contributed by atoms with Crippen LogP contribution in [0.3, 0.4) is 0 Å². The van der Waals surface area contributed by atoms with Crippen LogP contribution in [0.4, 0.5) is 0 Å². The van der Waals surface area contributed by atoms with Crippen LogP contribution in [0.25, 0.3) is 0 Å². The number of rotatable bonds is 8. The first kappa shape index (κ1) is 26.7. The highest BCUT2D eigenvalue weighted by Gasteiger charge is 2.54. The summed E-state index contributed by atoms with van der Waals surface area (Å²) in [5.41, 5.74) is 0. The predicted molar refractivity (Wildman–Crippen MR) is 97.4 cm³/mol. The van der Waals surface area contributed by atoms with Gasteiger partial charge in [-0.1, -0.05) is 0 Å². The second kappa shape index (κ2) is 10.6. The lowest BCUT2D eigenvalue weighted by atomic mass is 9.88. The quantitative estimate of drug-likeness (QED) is 0.158. The molecule has 0 aliphatic carbocycles. The molecule has 32 heavy (non-hydrogen) atoms. The van der Waals surface area contributed by atoms with Crippen molar-refractivity contribution in [1.29, 1.82) is 0 Å². The van der Waals surface area contributed by atoms with Gasteiger partial charge >= 0.3 is 5.97 Å². The number of nitrogens with one attached hydrogen (secondary N) is 1. The standard InChI is InChI=1S/C17H29NO14/c1-5(20)18-9-6(21)2-17(29,16(27)28)32-14(9)10(23)7(22)4-30-15-13(26)12(25)11(24)8(3-19)31-15/h6-15,19,21-26,29H,2-4H2,1H3,(H,18,20)(H,27,28)/t6-,7+,8+,9+,10+,11-,12-,13+,14+,15+,17?/m0/s1. The summed E-state index contributed by atoms with van der Waals surface area (Å²) in [5, 5.41) is 91.1. The zero-order valence-electron chi connectivity index (χ0n) is 17.0. The summed E-state index contributed by atoms with van der Waals surface area (Å²) < 4.78 is 15.2. The van der Waals surface area contributed by atoms with Crippen LogP contribution in [0.1, 0.15) is 13.3 Å². The Balaban J connectivity index is 2.11. The number of aliphatic hydroxyl groups excluding tert-OH is 7. The van der Waals surface area contributed by atoms with Gasteiger partial charge < -0.3 is 65.5 Å². The molecule has 11 atom stereocenters. The van der Waals surface area contributed by atoms with Crippen molar-refractivity contribution < 1.29 is 69.8 Å². The van der Waals surface area contributed by atoms with Crippen molar-refractivity contribution in [1.82, 2.24) is 5.32 Å². The first-order valence-electron chi connectivity index (χ1n) is 9.69. The van der Waals surface area contributed by atoms with Gasteiger partial charge in [-0.3, -0.25) is 4.79 Å². The number of hydrogen-bond donors (Lipinski definition) is 10. The number of carboxylic acid groups (broad SMARTS) is 1. The molecule has 0 aromatic heterocycles. The van der Waals surface area contributed by atoms with Crippen LogP contribution in [0.5, 0.6) is 0 Å².